The first kappa shape index (κ1) is 26.5. The Morgan fingerprint density at radius 2 is 1.88 bits per heavy atom. The van der Waals surface area contributed by atoms with E-state index in [4.69, 9.17) is 11.6 Å². The van der Waals surface area contributed by atoms with Gasteiger partial charge in [0.25, 0.3) is 11.8 Å². The Hall–Kier alpha value is -3.70. The summed E-state index contributed by atoms with van der Waals surface area (Å²) in [6, 6.07) is 7.01. The standard InChI is InChI=1S/C28H27ClF2N6O3/c1-26(2)13-28(26,40)24(39)36-11-15(12-36)34-25-33-10-16-21(35-25)27(3,17-6-4-7-18(29)20(17)31)14-37(23(16)38)22-19(30)8-5-9-32-22/h4-10,15,40H,11-14H2,1-3H3,(H,33,34,35). The third-order valence-corrected chi connectivity index (χ3v) is 8.64. The summed E-state index contributed by atoms with van der Waals surface area (Å²) in [5.74, 6) is -2.22. The second-order valence-corrected chi connectivity index (χ2v) is 12.0. The lowest BCUT2D eigenvalue weighted by Crippen LogP contribution is -2.60. The van der Waals surface area contributed by atoms with Crippen molar-refractivity contribution in [3.8, 4) is 0 Å². The molecule has 9 nitrogen and oxygen atoms in total. The van der Waals surface area contributed by atoms with Gasteiger partial charge in [-0.2, -0.15) is 0 Å². The molecule has 2 atom stereocenters. The predicted molar refractivity (Wildman–Crippen MR) is 143 cm³/mol. The van der Waals surface area contributed by atoms with E-state index in [1.807, 2.05) is 13.8 Å². The summed E-state index contributed by atoms with van der Waals surface area (Å²) < 4.78 is 30.2. The number of amides is 2. The van der Waals surface area contributed by atoms with Gasteiger partial charge in [0, 0.05) is 43.0 Å². The summed E-state index contributed by atoms with van der Waals surface area (Å²) in [4.78, 5) is 42.0. The summed E-state index contributed by atoms with van der Waals surface area (Å²) in [5, 5.41) is 13.7. The van der Waals surface area contributed by atoms with Gasteiger partial charge in [-0.05, 0) is 31.5 Å². The minimum atomic E-state index is -1.33. The van der Waals surface area contributed by atoms with Gasteiger partial charge in [-0.15, -0.1) is 0 Å². The van der Waals surface area contributed by atoms with Gasteiger partial charge in [0.2, 0.25) is 5.95 Å². The molecule has 2 amide bonds. The molecule has 1 aliphatic carbocycles. The number of halogens is 3. The van der Waals surface area contributed by atoms with Gasteiger partial charge in [-0.25, -0.2) is 23.7 Å². The summed E-state index contributed by atoms with van der Waals surface area (Å²) in [6.07, 6.45) is 3.13. The van der Waals surface area contributed by atoms with Gasteiger partial charge in [0.1, 0.15) is 11.4 Å². The molecule has 2 aromatic heterocycles. The fourth-order valence-corrected chi connectivity index (χ4v) is 5.84. The molecule has 4 heterocycles. The molecule has 208 valence electrons. The van der Waals surface area contributed by atoms with Crippen molar-refractivity contribution in [3.63, 3.8) is 0 Å². The number of anilines is 2. The zero-order valence-electron chi connectivity index (χ0n) is 22.1. The largest absolute Gasteiger partial charge is 0.379 e. The monoisotopic (exact) mass is 568 g/mol. The average Bonchev–Trinajstić information content (AvgIpc) is 3.43. The molecule has 1 saturated carbocycles. The number of rotatable bonds is 5. The molecule has 2 unspecified atom stereocenters. The molecule has 3 aliphatic rings. The molecule has 6 rings (SSSR count). The van der Waals surface area contributed by atoms with E-state index in [1.165, 1.54) is 30.6 Å². The fourth-order valence-electron chi connectivity index (χ4n) is 5.67. The van der Waals surface area contributed by atoms with Crippen molar-refractivity contribution in [2.75, 3.05) is 29.9 Å². The first-order chi connectivity index (χ1) is 18.9. The van der Waals surface area contributed by atoms with Gasteiger partial charge in [0.15, 0.2) is 11.6 Å². The van der Waals surface area contributed by atoms with Crippen LogP contribution in [0.4, 0.5) is 20.5 Å². The van der Waals surface area contributed by atoms with E-state index < -0.39 is 34.0 Å². The van der Waals surface area contributed by atoms with Crippen molar-refractivity contribution in [2.24, 2.45) is 5.41 Å². The Labute approximate surface area is 234 Å². The van der Waals surface area contributed by atoms with E-state index in [0.717, 1.165) is 4.90 Å². The first-order valence-corrected chi connectivity index (χ1v) is 13.3. The van der Waals surface area contributed by atoms with Crippen molar-refractivity contribution in [1.29, 1.82) is 0 Å². The number of nitrogens with zero attached hydrogens (tertiary/aromatic N) is 5. The number of pyridine rings is 1. The highest BCUT2D eigenvalue weighted by atomic mass is 35.5. The van der Waals surface area contributed by atoms with E-state index in [0.29, 0.717) is 19.5 Å². The molecule has 2 fully saturated rings. The lowest BCUT2D eigenvalue weighted by Gasteiger charge is -2.42. The van der Waals surface area contributed by atoms with Crippen LogP contribution in [-0.2, 0) is 10.2 Å². The van der Waals surface area contributed by atoms with Crippen LogP contribution in [0.5, 0.6) is 0 Å². The molecule has 12 heteroatoms. The number of carbonyl (C=O) groups is 2. The molecule has 0 bridgehead atoms. The topological polar surface area (TPSA) is 112 Å². The lowest BCUT2D eigenvalue weighted by atomic mass is 9.74. The van der Waals surface area contributed by atoms with Crippen LogP contribution in [0.2, 0.25) is 5.02 Å². The maximum atomic E-state index is 15.4. The summed E-state index contributed by atoms with van der Waals surface area (Å²) in [5.41, 5.74) is -2.51. The minimum Gasteiger partial charge on any atom is -0.379 e. The van der Waals surface area contributed by atoms with Crippen molar-refractivity contribution in [2.45, 2.75) is 44.2 Å². The Morgan fingerprint density at radius 3 is 2.55 bits per heavy atom. The number of benzene rings is 1. The maximum absolute atomic E-state index is 15.4. The van der Waals surface area contributed by atoms with E-state index in [9.17, 15) is 19.1 Å². The number of likely N-dealkylation sites (tertiary alicyclic amines) is 1. The van der Waals surface area contributed by atoms with Gasteiger partial charge < -0.3 is 15.3 Å². The highest BCUT2D eigenvalue weighted by Crippen LogP contribution is 2.56. The number of nitrogens with one attached hydrogen (secondary N) is 1. The smallest absolute Gasteiger partial charge is 0.263 e. The third-order valence-electron chi connectivity index (χ3n) is 8.35. The summed E-state index contributed by atoms with van der Waals surface area (Å²) in [6.45, 7) is 5.96. The molecule has 1 aromatic carbocycles. The number of hydrogen-bond acceptors (Lipinski definition) is 7. The van der Waals surface area contributed by atoms with Crippen molar-refractivity contribution >= 4 is 35.2 Å². The van der Waals surface area contributed by atoms with E-state index in [2.05, 4.69) is 20.3 Å². The zero-order valence-corrected chi connectivity index (χ0v) is 22.8. The highest BCUT2D eigenvalue weighted by molar-refractivity contribution is 6.30. The maximum Gasteiger partial charge on any atom is 0.263 e. The van der Waals surface area contributed by atoms with E-state index in [-0.39, 0.29) is 52.1 Å². The molecule has 2 N–H and O–H groups in total. The fraction of sp³-hybridized carbons (Fsp3) is 0.393. The number of carbonyl (C=O) groups excluding carboxylic acids is 2. The lowest BCUT2D eigenvalue weighted by molar-refractivity contribution is -0.148. The van der Waals surface area contributed by atoms with Crippen LogP contribution in [0.25, 0.3) is 0 Å². The second kappa shape index (κ2) is 8.90. The highest BCUT2D eigenvalue weighted by Gasteiger charge is 2.67. The molecule has 40 heavy (non-hydrogen) atoms. The van der Waals surface area contributed by atoms with Gasteiger partial charge in [-0.3, -0.25) is 14.5 Å². The second-order valence-electron chi connectivity index (χ2n) is 11.6. The van der Waals surface area contributed by atoms with E-state index in [1.54, 1.807) is 24.0 Å². The average molecular weight is 569 g/mol. The van der Waals surface area contributed by atoms with Crippen LogP contribution in [0, 0.1) is 17.0 Å². The molecular weight excluding hydrogens is 542 g/mol. The molecule has 3 aromatic rings. The molecule has 1 saturated heterocycles. The number of aliphatic hydroxyl groups is 1. The third kappa shape index (κ3) is 3.94. The van der Waals surface area contributed by atoms with Crippen molar-refractivity contribution in [3.05, 3.63) is 76.2 Å². The van der Waals surface area contributed by atoms with Crippen molar-refractivity contribution in [1.82, 2.24) is 19.9 Å². The van der Waals surface area contributed by atoms with Crippen LogP contribution in [0.1, 0.15) is 48.8 Å². The Balaban J connectivity index is 1.33. The first-order valence-electron chi connectivity index (χ1n) is 12.9. The quantitative estimate of drug-likeness (QED) is 0.484. The Morgan fingerprint density at radius 1 is 1.15 bits per heavy atom. The zero-order chi connectivity index (χ0) is 28.6. The van der Waals surface area contributed by atoms with Crippen LogP contribution < -0.4 is 10.2 Å². The minimum absolute atomic E-state index is 0.0762. The summed E-state index contributed by atoms with van der Waals surface area (Å²) >= 11 is 6.13. The SMILES string of the molecule is CC1(c2cccc(Cl)c2F)CN(c2ncccc2F)C(=O)c2cnc(NC3CN(C(=O)C4(O)CC4(C)C)C3)nc21. The van der Waals surface area contributed by atoms with E-state index >= 15 is 4.39 Å². The molecule has 0 spiro atoms. The van der Waals surface area contributed by atoms with Crippen LogP contribution in [-0.4, -0.2) is 68.0 Å². The predicted octanol–water partition coefficient (Wildman–Crippen LogP) is 3.55. The number of fused-ring (bicyclic) bond motifs is 1. The van der Waals surface area contributed by atoms with Crippen LogP contribution >= 0.6 is 11.6 Å². The van der Waals surface area contributed by atoms with Crippen molar-refractivity contribution < 1.29 is 23.5 Å². The molecule has 2 aliphatic heterocycles. The number of hydrogen-bond donors (Lipinski definition) is 2. The molecular formula is C28H27ClF2N6O3. The number of aromatic nitrogens is 3. The van der Waals surface area contributed by atoms with Crippen LogP contribution in [0.3, 0.4) is 0 Å². The van der Waals surface area contributed by atoms with Gasteiger partial charge >= 0.3 is 0 Å². The normalized spacial score (nSPS) is 25.3. The van der Waals surface area contributed by atoms with Crippen LogP contribution in [0.15, 0.2) is 42.7 Å². The summed E-state index contributed by atoms with van der Waals surface area (Å²) in [7, 11) is 0. The van der Waals surface area contributed by atoms with Gasteiger partial charge in [-0.1, -0.05) is 37.6 Å². The molecule has 0 radical (unpaired) electrons. The Bertz CT molecular complexity index is 1560. The Kier molecular flexibility index (Phi) is 5.90. The van der Waals surface area contributed by atoms with Gasteiger partial charge in [0.05, 0.1) is 27.7 Å².